The van der Waals surface area contributed by atoms with E-state index < -0.39 is 5.91 Å². The van der Waals surface area contributed by atoms with Crippen LogP contribution in [0.1, 0.15) is 50.8 Å². The number of fused-ring (bicyclic) bond motifs is 2. The van der Waals surface area contributed by atoms with E-state index in [1.165, 1.54) is 29.3 Å². The van der Waals surface area contributed by atoms with Crippen molar-refractivity contribution in [3.63, 3.8) is 0 Å². The number of ether oxygens (including phenoxy) is 1. The number of benzene rings is 2. The fourth-order valence-electron chi connectivity index (χ4n) is 6.04. The van der Waals surface area contributed by atoms with Crippen molar-refractivity contribution in [2.45, 2.75) is 31.8 Å². The summed E-state index contributed by atoms with van der Waals surface area (Å²) in [4.78, 5) is 32.2. The second-order valence-electron chi connectivity index (χ2n) is 10.7. The Balaban J connectivity index is 1.27. The third kappa shape index (κ3) is 5.85. The molecule has 3 heterocycles. The van der Waals surface area contributed by atoms with E-state index in [1.807, 2.05) is 18.3 Å². The Morgan fingerprint density at radius 2 is 2.05 bits per heavy atom. The highest BCUT2D eigenvalue weighted by Gasteiger charge is 2.30. The summed E-state index contributed by atoms with van der Waals surface area (Å²) in [6, 6.07) is 11.1. The number of carbonyl (C=O) groups excluding carboxylic acids is 2. The van der Waals surface area contributed by atoms with Crippen LogP contribution in [0.3, 0.4) is 0 Å². The Kier molecular flexibility index (Phi) is 8.13. The highest BCUT2D eigenvalue weighted by molar-refractivity contribution is 5.93. The molecule has 2 aromatic heterocycles. The molecule has 10 nitrogen and oxygen atoms in total. The normalized spacial score (nSPS) is 16.9. The van der Waals surface area contributed by atoms with Gasteiger partial charge in [-0.25, -0.2) is 9.87 Å². The summed E-state index contributed by atoms with van der Waals surface area (Å²) >= 11 is 0. The molecule has 1 unspecified atom stereocenters. The number of carbonyl (C=O) groups is 2. The van der Waals surface area contributed by atoms with E-state index in [0.29, 0.717) is 45.1 Å². The van der Waals surface area contributed by atoms with Gasteiger partial charge in [0.2, 0.25) is 0 Å². The Bertz CT molecular complexity index is 1620. The molecular formula is C31H33FN6O4. The summed E-state index contributed by atoms with van der Waals surface area (Å²) in [5, 5.41) is 17.0. The van der Waals surface area contributed by atoms with Crippen LogP contribution in [0.15, 0.2) is 54.9 Å². The van der Waals surface area contributed by atoms with Gasteiger partial charge >= 0.3 is 0 Å². The lowest BCUT2D eigenvalue weighted by Crippen LogP contribution is -2.41. The van der Waals surface area contributed by atoms with Crippen LogP contribution < -0.4 is 5.48 Å². The molecule has 4 aromatic rings. The first-order valence-electron chi connectivity index (χ1n) is 14.1. The highest BCUT2D eigenvalue weighted by Crippen LogP contribution is 2.38. The number of hydrogen-bond acceptors (Lipinski definition) is 6. The second kappa shape index (κ2) is 12.3. The van der Waals surface area contributed by atoms with Crippen molar-refractivity contribution in [3.05, 3.63) is 94.2 Å². The summed E-state index contributed by atoms with van der Waals surface area (Å²) in [5.41, 5.74) is 8.13. The van der Waals surface area contributed by atoms with E-state index in [0.717, 1.165) is 46.9 Å². The highest BCUT2D eigenvalue weighted by atomic mass is 19.1. The fraction of sp³-hybridized carbons (Fsp3) is 0.323. The predicted molar refractivity (Wildman–Crippen MR) is 154 cm³/mol. The van der Waals surface area contributed by atoms with Gasteiger partial charge < -0.3 is 14.6 Å². The van der Waals surface area contributed by atoms with Crippen LogP contribution in [0.5, 0.6) is 0 Å². The number of aromatic amines is 2. The number of hydroxylamine groups is 1. The molecule has 2 aromatic carbocycles. The maximum atomic E-state index is 13.8. The van der Waals surface area contributed by atoms with Crippen molar-refractivity contribution in [3.8, 4) is 0 Å². The average molecular weight is 573 g/mol. The molecular weight excluding hydrogens is 539 g/mol. The zero-order chi connectivity index (χ0) is 29.1. The molecule has 2 amide bonds. The van der Waals surface area contributed by atoms with Gasteiger partial charge in [-0.05, 0) is 65.8 Å². The van der Waals surface area contributed by atoms with Crippen LogP contribution >= 0.6 is 0 Å². The van der Waals surface area contributed by atoms with E-state index in [1.54, 1.807) is 22.7 Å². The van der Waals surface area contributed by atoms with Crippen molar-refractivity contribution < 1.29 is 23.9 Å². The van der Waals surface area contributed by atoms with Gasteiger partial charge in [-0.2, -0.15) is 5.10 Å². The average Bonchev–Trinajstić information content (AvgIpc) is 3.76. The van der Waals surface area contributed by atoms with Crippen molar-refractivity contribution in [1.29, 1.82) is 0 Å². The number of halogens is 1. The fourth-order valence-corrected chi connectivity index (χ4v) is 6.04. The van der Waals surface area contributed by atoms with Crippen LogP contribution in [0.4, 0.5) is 4.39 Å². The number of nitrogens with one attached hydrogen (secondary N) is 3. The Morgan fingerprint density at radius 1 is 1.19 bits per heavy atom. The molecule has 0 radical (unpaired) electrons. The summed E-state index contributed by atoms with van der Waals surface area (Å²) in [6.07, 6.45) is 9.16. The SMILES string of the molecule is O=C(/C=C/c1ccc2c(c1)CCC2N(CCc1c[nH]c2cc(F)ccc12)Cc1cn[nH]c1C(=O)N1CCOCC1)NO. The Hall–Kier alpha value is -4.32. The van der Waals surface area contributed by atoms with Crippen LogP contribution in [-0.4, -0.2) is 74.9 Å². The lowest BCUT2D eigenvalue weighted by molar-refractivity contribution is -0.124. The van der Waals surface area contributed by atoms with E-state index in [2.05, 4.69) is 32.2 Å². The van der Waals surface area contributed by atoms with Gasteiger partial charge in [0.25, 0.3) is 11.8 Å². The van der Waals surface area contributed by atoms with Gasteiger partial charge in [-0.15, -0.1) is 0 Å². The maximum absolute atomic E-state index is 13.8. The molecule has 1 aliphatic carbocycles. The molecule has 1 aliphatic heterocycles. The number of aromatic nitrogens is 3. The third-order valence-corrected chi connectivity index (χ3v) is 8.19. The van der Waals surface area contributed by atoms with E-state index >= 15 is 0 Å². The predicted octanol–water partition coefficient (Wildman–Crippen LogP) is 3.75. The molecule has 4 N–H and O–H groups in total. The summed E-state index contributed by atoms with van der Waals surface area (Å²) in [6.45, 7) is 3.39. The molecule has 42 heavy (non-hydrogen) atoms. The molecule has 0 saturated carbocycles. The van der Waals surface area contributed by atoms with Crippen molar-refractivity contribution in [1.82, 2.24) is 30.5 Å². The van der Waals surface area contributed by atoms with Crippen LogP contribution in [0, 0.1) is 5.82 Å². The minimum atomic E-state index is -0.581. The quantitative estimate of drug-likeness (QED) is 0.138. The molecule has 11 heteroatoms. The van der Waals surface area contributed by atoms with Gasteiger partial charge in [0.1, 0.15) is 11.5 Å². The zero-order valence-corrected chi connectivity index (χ0v) is 23.1. The van der Waals surface area contributed by atoms with E-state index in [9.17, 15) is 14.0 Å². The zero-order valence-electron chi connectivity index (χ0n) is 23.1. The largest absolute Gasteiger partial charge is 0.378 e. The topological polar surface area (TPSA) is 127 Å². The first-order valence-corrected chi connectivity index (χ1v) is 14.1. The number of H-pyrrole nitrogens is 2. The van der Waals surface area contributed by atoms with E-state index in [-0.39, 0.29) is 17.8 Å². The Morgan fingerprint density at radius 3 is 2.88 bits per heavy atom. The molecule has 0 spiro atoms. The lowest BCUT2D eigenvalue weighted by Gasteiger charge is -2.30. The van der Waals surface area contributed by atoms with Gasteiger partial charge in [-0.1, -0.05) is 18.2 Å². The van der Waals surface area contributed by atoms with Gasteiger partial charge in [0.15, 0.2) is 0 Å². The molecule has 2 aliphatic rings. The molecule has 6 rings (SSSR count). The van der Waals surface area contributed by atoms with E-state index in [4.69, 9.17) is 9.94 Å². The number of morpholine rings is 1. The monoisotopic (exact) mass is 572 g/mol. The molecule has 0 bridgehead atoms. The first-order chi connectivity index (χ1) is 20.5. The van der Waals surface area contributed by atoms with Crippen LogP contribution in [-0.2, 0) is 28.9 Å². The molecule has 1 atom stereocenters. The summed E-state index contributed by atoms with van der Waals surface area (Å²) in [5.74, 6) is -0.926. The smallest absolute Gasteiger partial charge is 0.272 e. The molecule has 1 fully saturated rings. The second-order valence-corrected chi connectivity index (χ2v) is 10.7. The van der Waals surface area contributed by atoms with Crippen LogP contribution in [0.2, 0.25) is 0 Å². The van der Waals surface area contributed by atoms with Gasteiger partial charge in [-0.3, -0.25) is 24.8 Å². The lowest BCUT2D eigenvalue weighted by atomic mass is 10.0. The van der Waals surface area contributed by atoms with Crippen molar-refractivity contribution >= 4 is 28.8 Å². The summed E-state index contributed by atoms with van der Waals surface area (Å²) in [7, 11) is 0. The van der Waals surface area contributed by atoms with Gasteiger partial charge in [0.05, 0.1) is 19.4 Å². The van der Waals surface area contributed by atoms with Gasteiger partial charge in [0, 0.05) is 61.0 Å². The first kappa shape index (κ1) is 27.8. The standard InChI is InChI=1S/C31H33FN6O4/c32-24-4-6-25-22(17-33-27(25)16-24)9-10-38(19-23-18-34-35-30(23)31(40)37-11-13-42-14-12-37)28-7-3-21-15-20(1-5-26(21)28)2-8-29(39)36-41/h1-2,4-6,8,15-18,28,33,41H,3,7,9-14,19H2,(H,34,35)(H,36,39)/b8-2+. The van der Waals surface area contributed by atoms with Crippen molar-refractivity contribution in [2.24, 2.45) is 0 Å². The number of hydrogen-bond donors (Lipinski definition) is 4. The van der Waals surface area contributed by atoms with Crippen molar-refractivity contribution in [2.75, 3.05) is 32.8 Å². The Labute approximate surface area is 242 Å². The molecule has 1 saturated heterocycles. The summed E-state index contributed by atoms with van der Waals surface area (Å²) < 4.78 is 19.2. The number of aryl methyl sites for hydroxylation is 1. The molecule has 218 valence electrons. The minimum absolute atomic E-state index is 0.0698. The number of amides is 2. The van der Waals surface area contributed by atoms with Crippen LogP contribution in [0.25, 0.3) is 17.0 Å². The third-order valence-electron chi connectivity index (χ3n) is 8.19. The number of rotatable bonds is 9. The minimum Gasteiger partial charge on any atom is -0.378 e. The number of nitrogens with zero attached hydrogens (tertiary/aromatic N) is 3. The maximum Gasteiger partial charge on any atom is 0.272 e.